The predicted octanol–water partition coefficient (Wildman–Crippen LogP) is 4.32. The molecule has 3 rings (SSSR count). The summed E-state index contributed by atoms with van der Waals surface area (Å²) in [5.74, 6) is -2.00. The molecule has 0 aliphatic heterocycles. The molecule has 29 heavy (non-hydrogen) atoms. The van der Waals surface area contributed by atoms with Gasteiger partial charge in [-0.3, -0.25) is 9.59 Å². The number of esters is 1. The van der Waals surface area contributed by atoms with E-state index in [1.54, 1.807) is 29.6 Å². The molecule has 0 saturated heterocycles. The number of hydrogen-bond donors (Lipinski definition) is 2. The first-order chi connectivity index (χ1) is 13.9. The van der Waals surface area contributed by atoms with Crippen molar-refractivity contribution in [1.82, 2.24) is 0 Å². The summed E-state index contributed by atoms with van der Waals surface area (Å²) in [6.07, 6.45) is -1.08. The molecule has 6 nitrogen and oxygen atoms in total. The Kier molecular flexibility index (Phi) is 6.36. The van der Waals surface area contributed by atoms with Gasteiger partial charge in [-0.2, -0.15) is 0 Å². The first kappa shape index (κ1) is 20.2. The molecule has 2 aromatic carbocycles. The van der Waals surface area contributed by atoms with Crippen LogP contribution < -0.4 is 10.6 Å². The van der Waals surface area contributed by atoms with Gasteiger partial charge in [0, 0.05) is 11.4 Å². The van der Waals surface area contributed by atoms with Crippen molar-refractivity contribution in [1.29, 1.82) is 0 Å². The van der Waals surface area contributed by atoms with Crippen molar-refractivity contribution in [2.75, 3.05) is 10.6 Å². The van der Waals surface area contributed by atoms with Gasteiger partial charge in [0.25, 0.3) is 11.8 Å². The molecule has 1 atom stereocenters. The normalized spacial score (nSPS) is 11.4. The average molecular weight is 412 g/mol. The molecule has 0 bridgehead atoms. The number of nitrogens with one attached hydrogen (secondary N) is 2. The lowest BCUT2D eigenvalue weighted by atomic mass is 10.2. The summed E-state index contributed by atoms with van der Waals surface area (Å²) < 4.78 is 18.3. The van der Waals surface area contributed by atoms with Gasteiger partial charge < -0.3 is 15.4 Å². The first-order valence-corrected chi connectivity index (χ1v) is 9.52. The molecule has 0 saturated carbocycles. The Morgan fingerprint density at radius 1 is 0.966 bits per heavy atom. The van der Waals surface area contributed by atoms with Gasteiger partial charge in [0.15, 0.2) is 6.10 Å². The van der Waals surface area contributed by atoms with Gasteiger partial charge in [-0.1, -0.05) is 12.1 Å². The molecule has 0 spiro atoms. The fourth-order valence-corrected chi connectivity index (χ4v) is 3.00. The van der Waals surface area contributed by atoms with Crippen LogP contribution in [-0.2, 0) is 9.53 Å². The summed E-state index contributed by atoms with van der Waals surface area (Å²) in [5, 5.41) is 7.01. The molecule has 1 aromatic heterocycles. The molecule has 0 unspecified atom stereocenters. The van der Waals surface area contributed by atoms with E-state index in [4.69, 9.17) is 4.74 Å². The largest absolute Gasteiger partial charge is 0.449 e. The Labute approximate surface area is 170 Å². The van der Waals surface area contributed by atoms with E-state index >= 15 is 0 Å². The van der Waals surface area contributed by atoms with Crippen LogP contribution in [0.1, 0.15) is 27.0 Å². The third-order valence-corrected chi connectivity index (χ3v) is 4.74. The van der Waals surface area contributed by atoms with Crippen molar-refractivity contribution < 1.29 is 23.5 Å². The Hall–Kier alpha value is -3.52. The number of ether oxygens (including phenoxy) is 1. The number of anilines is 2. The van der Waals surface area contributed by atoms with Crippen LogP contribution >= 0.6 is 11.3 Å². The van der Waals surface area contributed by atoms with Crippen molar-refractivity contribution in [3.05, 3.63) is 82.3 Å². The van der Waals surface area contributed by atoms with E-state index in [9.17, 15) is 18.8 Å². The van der Waals surface area contributed by atoms with Crippen molar-refractivity contribution >= 4 is 40.5 Å². The van der Waals surface area contributed by atoms with Crippen LogP contribution in [0.3, 0.4) is 0 Å². The number of benzene rings is 2. The fourth-order valence-electron chi connectivity index (χ4n) is 2.38. The number of amides is 2. The molecule has 8 heteroatoms. The maximum absolute atomic E-state index is 13.2. The number of rotatable bonds is 6. The second-order valence-corrected chi connectivity index (χ2v) is 7.00. The van der Waals surface area contributed by atoms with Gasteiger partial charge in [-0.05, 0) is 60.8 Å². The summed E-state index contributed by atoms with van der Waals surface area (Å²) in [6.45, 7) is 1.42. The Bertz CT molecular complexity index is 1020. The minimum atomic E-state index is -1.08. The predicted molar refractivity (Wildman–Crippen MR) is 109 cm³/mol. The molecule has 2 amide bonds. The number of hydrogen-bond acceptors (Lipinski definition) is 5. The second-order valence-electron chi connectivity index (χ2n) is 6.06. The summed E-state index contributed by atoms with van der Waals surface area (Å²) in [7, 11) is 0. The molecule has 2 N–H and O–H groups in total. The van der Waals surface area contributed by atoms with Crippen molar-refractivity contribution in [3.8, 4) is 0 Å². The van der Waals surface area contributed by atoms with Gasteiger partial charge in [-0.25, -0.2) is 9.18 Å². The van der Waals surface area contributed by atoms with Crippen LogP contribution in [0.25, 0.3) is 0 Å². The van der Waals surface area contributed by atoms with Crippen LogP contribution in [0.15, 0.2) is 66.0 Å². The summed E-state index contributed by atoms with van der Waals surface area (Å²) in [4.78, 5) is 37.0. The molecular formula is C21H17FN2O4S. The summed E-state index contributed by atoms with van der Waals surface area (Å²) in [6, 6.07) is 15.0. The highest BCUT2D eigenvalue weighted by molar-refractivity contribution is 7.12. The molecular weight excluding hydrogens is 395 g/mol. The number of carbonyl (C=O) groups excluding carboxylic acids is 3. The Balaban J connectivity index is 1.55. The van der Waals surface area contributed by atoms with E-state index < -0.39 is 23.8 Å². The molecule has 0 aliphatic rings. The van der Waals surface area contributed by atoms with Crippen molar-refractivity contribution in [3.63, 3.8) is 0 Å². The van der Waals surface area contributed by atoms with Crippen LogP contribution in [0.2, 0.25) is 0 Å². The Morgan fingerprint density at radius 2 is 1.72 bits per heavy atom. The zero-order valence-corrected chi connectivity index (χ0v) is 16.2. The summed E-state index contributed by atoms with van der Waals surface area (Å²) >= 11 is 1.32. The second kappa shape index (κ2) is 9.11. The molecule has 0 fully saturated rings. The van der Waals surface area contributed by atoms with Gasteiger partial charge in [0.2, 0.25) is 0 Å². The van der Waals surface area contributed by atoms with Gasteiger partial charge in [0.05, 0.1) is 10.4 Å². The van der Waals surface area contributed by atoms with E-state index in [2.05, 4.69) is 10.6 Å². The standard InChI is InChI=1S/C21H17FN2O4S/c1-13(19(25)24-17-5-2-4-15(22)12-17)28-21(27)14-7-9-16(10-8-14)23-20(26)18-6-3-11-29-18/h2-13H,1H3,(H,23,26)(H,24,25)/t13-/m0/s1. The topological polar surface area (TPSA) is 84.5 Å². The van der Waals surface area contributed by atoms with E-state index in [-0.39, 0.29) is 17.2 Å². The highest BCUT2D eigenvalue weighted by Crippen LogP contribution is 2.16. The summed E-state index contributed by atoms with van der Waals surface area (Å²) in [5.41, 5.74) is 1.02. The molecule has 148 valence electrons. The lowest BCUT2D eigenvalue weighted by Gasteiger charge is -2.14. The molecule has 1 heterocycles. The number of thiophene rings is 1. The van der Waals surface area contributed by atoms with Gasteiger partial charge in [0.1, 0.15) is 5.82 Å². The number of carbonyl (C=O) groups is 3. The minimum absolute atomic E-state index is 0.226. The SMILES string of the molecule is C[C@H](OC(=O)c1ccc(NC(=O)c2cccs2)cc1)C(=O)Nc1cccc(F)c1. The third kappa shape index (κ3) is 5.49. The van der Waals surface area contributed by atoms with Gasteiger partial charge in [-0.15, -0.1) is 11.3 Å². The first-order valence-electron chi connectivity index (χ1n) is 8.65. The maximum Gasteiger partial charge on any atom is 0.338 e. The van der Waals surface area contributed by atoms with Gasteiger partial charge >= 0.3 is 5.97 Å². The van der Waals surface area contributed by atoms with E-state index in [0.717, 1.165) is 6.07 Å². The monoisotopic (exact) mass is 412 g/mol. The zero-order chi connectivity index (χ0) is 20.8. The molecule has 0 aliphatic carbocycles. The van der Waals surface area contributed by atoms with Crippen molar-refractivity contribution in [2.45, 2.75) is 13.0 Å². The lowest BCUT2D eigenvalue weighted by molar-refractivity contribution is -0.123. The maximum atomic E-state index is 13.2. The van der Waals surface area contributed by atoms with E-state index in [1.165, 1.54) is 48.6 Å². The molecule has 3 aromatic rings. The molecule has 0 radical (unpaired) electrons. The number of halogens is 1. The minimum Gasteiger partial charge on any atom is -0.449 e. The lowest BCUT2D eigenvalue weighted by Crippen LogP contribution is -2.30. The van der Waals surface area contributed by atoms with E-state index in [0.29, 0.717) is 10.6 Å². The Morgan fingerprint density at radius 3 is 2.38 bits per heavy atom. The van der Waals surface area contributed by atoms with Crippen LogP contribution in [-0.4, -0.2) is 23.9 Å². The van der Waals surface area contributed by atoms with Crippen LogP contribution in [0.4, 0.5) is 15.8 Å². The van der Waals surface area contributed by atoms with Crippen LogP contribution in [0, 0.1) is 5.82 Å². The highest BCUT2D eigenvalue weighted by atomic mass is 32.1. The highest BCUT2D eigenvalue weighted by Gasteiger charge is 2.19. The quantitative estimate of drug-likeness (QED) is 0.591. The average Bonchev–Trinajstić information content (AvgIpc) is 3.23. The third-order valence-electron chi connectivity index (χ3n) is 3.87. The van der Waals surface area contributed by atoms with Crippen LogP contribution in [0.5, 0.6) is 0 Å². The van der Waals surface area contributed by atoms with Crippen molar-refractivity contribution in [2.24, 2.45) is 0 Å². The zero-order valence-electron chi connectivity index (χ0n) is 15.3. The smallest absolute Gasteiger partial charge is 0.338 e. The van der Waals surface area contributed by atoms with E-state index in [1.807, 2.05) is 0 Å². The fraction of sp³-hybridized carbons (Fsp3) is 0.0952.